The highest BCUT2D eigenvalue weighted by atomic mass is 16.5. The Morgan fingerprint density at radius 3 is 2.34 bits per heavy atom. The van der Waals surface area contributed by atoms with Crippen LogP contribution >= 0.6 is 0 Å². The van der Waals surface area contributed by atoms with Gasteiger partial charge in [0.15, 0.2) is 11.5 Å². The number of methoxy groups -OCH3 is 2. The van der Waals surface area contributed by atoms with Gasteiger partial charge in [0.1, 0.15) is 12.6 Å². The van der Waals surface area contributed by atoms with Crippen LogP contribution in [0.4, 0.5) is 5.69 Å². The summed E-state index contributed by atoms with van der Waals surface area (Å²) >= 11 is 0. The van der Waals surface area contributed by atoms with Crippen LogP contribution in [0.1, 0.15) is 18.1 Å². The van der Waals surface area contributed by atoms with Crippen molar-refractivity contribution in [2.45, 2.75) is 26.4 Å². The Balaban J connectivity index is 1.56. The van der Waals surface area contributed by atoms with E-state index in [1.54, 1.807) is 14.2 Å². The van der Waals surface area contributed by atoms with Crippen molar-refractivity contribution in [2.24, 2.45) is 0 Å². The van der Waals surface area contributed by atoms with Gasteiger partial charge in [-0.2, -0.15) is 0 Å². The first-order chi connectivity index (χ1) is 14.0. The highest BCUT2D eigenvalue weighted by molar-refractivity contribution is 5.84. The minimum Gasteiger partial charge on any atom is -0.493 e. The molecule has 1 aliphatic heterocycles. The van der Waals surface area contributed by atoms with Gasteiger partial charge < -0.3 is 24.6 Å². The normalized spacial score (nSPS) is 15.7. The van der Waals surface area contributed by atoms with Crippen molar-refractivity contribution in [3.05, 3.63) is 53.6 Å². The third kappa shape index (κ3) is 5.21. The van der Waals surface area contributed by atoms with Gasteiger partial charge in [-0.3, -0.25) is 4.79 Å². The molecule has 0 aromatic heterocycles. The summed E-state index contributed by atoms with van der Waals surface area (Å²) in [6.45, 7) is 8.46. The van der Waals surface area contributed by atoms with Crippen LogP contribution in [0.2, 0.25) is 0 Å². The maximum Gasteiger partial charge on any atom is 0.245 e. The number of aryl methyl sites for hydroxylation is 1. The van der Waals surface area contributed by atoms with Crippen LogP contribution < -0.4 is 19.7 Å². The van der Waals surface area contributed by atoms with Crippen LogP contribution in [0, 0.1) is 6.92 Å². The number of benzene rings is 2. The van der Waals surface area contributed by atoms with Crippen LogP contribution in [0.25, 0.3) is 0 Å². The molecule has 6 nitrogen and oxygen atoms in total. The summed E-state index contributed by atoms with van der Waals surface area (Å²) in [6, 6.07) is 14.1. The van der Waals surface area contributed by atoms with E-state index in [0.717, 1.165) is 44.0 Å². The SMILES string of the molecule is COc1cc(C)c(N[C@H](C)C(=O)N2CC[NH+](Cc3ccccc3)CC2)cc1OC. The lowest BCUT2D eigenvalue weighted by Gasteiger charge is -2.34. The largest absolute Gasteiger partial charge is 0.493 e. The van der Waals surface area contributed by atoms with Gasteiger partial charge in [0, 0.05) is 17.3 Å². The quantitative estimate of drug-likeness (QED) is 0.746. The Morgan fingerprint density at radius 1 is 1.10 bits per heavy atom. The lowest BCUT2D eigenvalue weighted by atomic mass is 10.1. The average Bonchev–Trinajstić information content (AvgIpc) is 2.75. The fraction of sp³-hybridized carbons (Fsp3) is 0.435. The van der Waals surface area contributed by atoms with Crippen LogP contribution in [0.3, 0.4) is 0 Å². The van der Waals surface area contributed by atoms with Crippen molar-refractivity contribution in [1.82, 2.24) is 4.90 Å². The average molecular weight is 399 g/mol. The molecule has 0 aliphatic carbocycles. The third-order valence-corrected chi connectivity index (χ3v) is 5.55. The predicted molar refractivity (Wildman–Crippen MR) is 115 cm³/mol. The molecule has 1 fully saturated rings. The fourth-order valence-electron chi connectivity index (χ4n) is 3.81. The number of quaternary nitrogens is 1. The lowest BCUT2D eigenvalue weighted by molar-refractivity contribution is -0.917. The third-order valence-electron chi connectivity index (χ3n) is 5.55. The number of nitrogens with zero attached hydrogens (tertiary/aromatic N) is 1. The highest BCUT2D eigenvalue weighted by Crippen LogP contribution is 2.33. The van der Waals surface area contributed by atoms with Gasteiger partial charge in [0.05, 0.1) is 40.4 Å². The summed E-state index contributed by atoms with van der Waals surface area (Å²) in [5, 5.41) is 3.35. The summed E-state index contributed by atoms with van der Waals surface area (Å²) in [7, 11) is 3.23. The van der Waals surface area contributed by atoms with E-state index in [9.17, 15) is 4.79 Å². The van der Waals surface area contributed by atoms with Gasteiger partial charge in [-0.05, 0) is 25.5 Å². The first-order valence-electron chi connectivity index (χ1n) is 10.2. The van der Waals surface area contributed by atoms with Crippen LogP contribution in [-0.4, -0.2) is 57.2 Å². The molecular formula is C23H32N3O3+. The van der Waals surface area contributed by atoms with Crippen LogP contribution in [-0.2, 0) is 11.3 Å². The number of amides is 1. The fourth-order valence-corrected chi connectivity index (χ4v) is 3.81. The molecule has 2 aromatic rings. The summed E-state index contributed by atoms with van der Waals surface area (Å²) < 4.78 is 10.7. The molecule has 1 saturated heterocycles. The summed E-state index contributed by atoms with van der Waals surface area (Å²) in [5.41, 5.74) is 3.25. The Hall–Kier alpha value is -2.73. The van der Waals surface area contributed by atoms with Crippen molar-refractivity contribution < 1.29 is 19.2 Å². The topological polar surface area (TPSA) is 55.2 Å². The van der Waals surface area contributed by atoms with Crippen molar-refractivity contribution in [1.29, 1.82) is 0 Å². The minimum absolute atomic E-state index is 0.137. The summed E-state index contributed by atoms with van der Waals surface area (Å²) in [6.07, 6.45) is 0. The van der Waals surface area contributed by atoms with Crippen molar-refractivity contribution >= 4 is 11.6 Å². The molecule has 1 heterocycles. The van der Waals surface area contributed by atoms with Gasteiger partial charge in [-0.25, -0.2) is 0 Å². The van der Waals surface area contributed by atoms with Crippen molar-refractivity contribution in [3.63, 3.8) is 0 Å². The van der Waals surface area contributed by atoms with E-state index in [0.29, 0.717) is 11.5 Å². The van der Waals surface area contributed by atoms with Crippen molar-refractivity contribution in [3.8, 4) is 11.5 Å². The standard InChI is InChI=1S/C23H31N3O3/c1-17-14-21(28-3)22(29-4)15-20(17)24-18(2)23(27)26-12-10-25(11-13-26)16-19-8-6-5-7-9-19/h5-9,14-15,18,24H,10-13,16H2,1-4H3/p+1/t18-/m1/s1. The number of carbonyl (C=O) groups is 1. The first kappa shape index (κ1) is 21.0. The second-order valence-corrected chi connectivity index (χ2v) is 7.63. The number of nitrogens with one attached hydrogen (secondary N) is 2. The number of rotatable bonds is 7. The van der Waals surface area contributed by atoms with Crippen LogP contribution in [0.5, 0.6) is 11.5 Å². The second kappa shape index (κ2) is 9.65. The molecule has 29 heavy (non-hydrogen) atoms. The van der Waals surface area contributed by atoms with E-state index in [4.69, 9.17) is 9.47 Å². The molecule has 2 aromatic carbocycles. The minimum atomic E-state index is -0.303. The molecular weight excluding hydrogens is 366 g/mol. The lowest BCUT2D eigenvalue weighted by Crippen LogP contribution is -3.13. The zero-order valence-corrected chi connectivity index (χ0v) is 17.8. The van der Waals surface area contributed by atoms with E-state index < -0.39 is 0 Å². The monoisotopic (exact) mass is 398 g/mol. The molecule has 3 rings (SSSR count). The van der Waals surface area contributed by atoms with E-state index in [1.807, 2.05) is 36.9 Å². The Morgan fingerprint density at radius 2 is 1.72 bits per heavy atom. The maximum absolute atomic E-state index is 13.0. The molecule has 0 spiro atoms. The number of hydrogen-bond donors (Lipinski definition) is 2. The van der Waals surface area contributed by atoms with Gasteiger partial charge in [-0.1, -0.05) is 30.3 Å². The second-order valence-electron chi connectivity index (χ2n) is 7.63. The van der Waals surface area contributed by atoms with E-state index in [2.05, 4.69) is 29.6 Å². The van der Waals surface area contributed by atoms with E-state index in [1.165, 1.54) is 10.5 Å². The smallest absolute Gasteiger partial charge is 0.245 e. The zero-order chi connectivity index (χ0) is 20.8. The summed E-state index contributed by atoms with van der Waals surface area (Å²) in [5.74, 6) is 1.48. The molecule has 0 bridgehead atoms. The molecule has 6 heteroatoms. The number of ether oxygens (including phenoxy) is 2. The molecule has 1 amide bonds. The molecule has 1 atom stereocenters. The number of piperazine rings is 1. The zero-order valence-electron chi connectivity index (χ0n) is 17.8. The molecule has 0 radical (unpaired) electrons. The van der Waals surface area contributed by atoms with Gasteiger partial charge in [0.25, 0.3) is 0 Å². The first-order valence-corrected chi connectivity index (χ1v) is 10.2. The van der Waals surface area contributed by atoms with Gasteiger partial charge >= 0.3 is 0 Å². The van der Waals surface area contributed by atoms with Crippen molar-refractivity contribution in [2.75, 3.05) is 45.7 Å². The number of carbonyl (C=O) groups excluding carboxylic acids is 1. The van der Waals surface area contributed by atoms with E-state index >= 15 is 0 Å². The predicted octanol–water partition coefficient (Wildman–Crippen LogP) is 1.74. The molecule has 0 unspecified atom stereocenters. The molecule has 2 N–H and O–H groups in total. The Labute approximate surface area is 173 Å². The molecule has 1 aliphatic rings. The number of hydrogen-bond acceptors (Lipinski definition) is 4. The van der Waals surface area contributed by atoms with Crippen LogP contribution in [0.15, 0.2) is 42.5 Å². The summed E-state index contributed by atoms with van der Waals surface area (Å²) in [4.78, 5) is 16.5. The highest BCUT2D eigenvalue weighted by Gasteiger charge is 2.27. The van der Waals surface area contributed by atoms with E-state index in [-0.39, 0.29) is 11.9 Å². The molecule has 156 valence electrons. The Kier molecular flexibility index (Phi) is 6.99. The maximum atomic E-state index is 13.0. The molecule has 0 saturated carbocycles. The Bertz CT molecular complexity index is 818. The number of anilines is 1. The van der Waals surface area contributed by atoms with Gasteiger partial charge in [-0.15, -0.1) is 0 Å². The van der Waals surface area contributed by atoms with Gasteiger partial charge in [0.2, 0.25) is 5.91 Å².